The molecule has 0 aromatic carbocycles. The Morgan fingerprint density at radius 3 is 0.897 bits per heavy atom. The Kier molecular flexibility index (Phi) is 53.4. The molecule has 0 radical (unpaired) electrons. The van der Waals surface area contributed by atoms with Crippen LogP contribution in [0.1, 0.15) is 271 Å². The summed E-state index contributed by atoms with van der Waals surface area (Å²) < 4.78 is 16.8. The number of carbonyl (C=O) groups is 3. The van der Waals surface area contributed by atoms with Crippen molar-refractivity contribution in [1.29, 1.82) is 0 Å². The minimum absolute atomic E-state index is 0.0816. The Labute approximate surface area is 420 Å². The van der Waals surface area contributed by atoms with Crippen molar-refractivity contribution >= 4 is 17.9 Å². The molecule has 0 rings (SSSR count). The Morgan fingerprint density at radius 1 is 0.309 bits per heavy atom. The van der Waals surface area contributed by atoms with Gasteiger partial charge < -0.3 is 14.2 Å². The van der Waals surface area contributed by atoms with Gasteiger partial charge in [-0.2, -0.15) is 0 Å². The smallest absolute Gasteiger partial charge is 0.306 e. The molecule has 6 nitrogen and oxygen atoms in total. The number of hydrogen-bond acceptors (Lipinski definition) is 6. The SMILES string of the molecule is CC/C=C\C/C=C\C/C=C\C/C=C\C/C=C\CCCCCCCCCC(=O)OCC(COC(=O)CCCCCCCC)OC(=O)CCCCCCCCCCC/C=C\C/C=C\CCCCCCC. The molecule has 1 unspecified atom stereocenters. The molecule has 0 saturated heterocycles. The van der Waals surface area contributed by atoms with Crippen LogP contribution in [0.3, 0.4) is 0 Å². The fraction of sp³-hybridized carbons (Fsp3) is 0.726. The molecule has 0 spiro atoms. The molecule has 6 heteroatoms. The van der Waals surface area contributed by atoms with Crippen molar-refractivity contribution in [2.45, 2.75) is 277 Å². The Balaban J connectivity index is 4.19. The van der Waals surface area contributed by atoms with E-state index in [0.717, 1.165) is 103 Å². The van der Waals surface area contributed by atoms with Crippen LogP contribution in [0.4, 0.5) is 0 Å². The van der Waals surface area contributed by atoms with Crippen molar-refractivity contribution in [3.05, 3.63) is 85.1 Å². The Hall–Kier alpha value is -3.41. The van der Waals surface area contributed by atoms with E-state index in [0.29, 0.717) is 19.3 Å². The maximum atomic E-state index is 12.8. The lowest BCUT2D eigenvalue weighted by molar-refractivity contribution is -0.167. The molecule has 0 aromatic rings. The highest BCUT2D eigenvalue weighted by atomic mass is 16.6. The fourth-order valence-corrected chi connectivity index (χ4v) is 7.85. The van der Waals surface area contributed by atoms with E-state index >= 15 is 0 Å². The lowest BCUT2D eigenvalue weighted by atomic mass is 10.1. The number of carbonyl (C=O) groups excluding carboxylic acids is 3. The predicted molar refractivity (Wildman–Crippen MR) is 293 cm³/mol. The lowest BCUT2D eigenvalue weighted by Crippen LogP contribution is -2.30. The van der Waals surface area contributed by atoms with Crippen LogP contribution in [0.15, 0.2) is 85.1 Å². The number of ether oxygens (including phenoxy) is 3. The van der Waals surface area contributed by atoms with Crippen molar-refractivity contribution in [2.24, 2.45) is 0 Å². The third kappa shape index (κ3) is 53.5. The van der Waals surface area contributed by atoms with Gasteiger partial charge in [0.15, 0.2) is 6.10 Å². The number of unbranched alkanes of at least 4 members (excludes halogenated alkanes) is 26. The summed E-state index contributed by atoms with van der Waals surface area (Å²) in [6.07, 6.45) is 73.1. The van der Waals surface area contributed by atoms with Crippen LogP contribution >= 0.6 is 0 Å². The van der Waals surface area contributed by atoms with Gasteiger partial charge in [-0.25, -0.2) is 0 Å². The summed E-state index contributed by atoms with van der Waals surface area (Å²) >= 11 is 0. The molecule has 0 aliphatic carbocycles. The fourth-order valence-electron chi connectivity index (χ4n) is 7.85. The van der Waals surface area contributed by atoms with Crippen molar-refractivity contribution < 1.29 is 28.6 Å². The van der Waals surface area contributed by atoms with Gasteiger partial charge in [-0.1, -0.05) is 241 Å². The van der Waals surface area contributed by atoms with Gasteiger partial charge in [0.2, 0.25) is 0 Å². The highest BCUT2D eigenvalue weighted by molar-refractivity contribution is 5.71. The van der Waals surface area contributed by atoms with E-state index in [9.17, 15) is 14.4 Å². The molecular formula is C62H106O6. The molecule has 68 heavy (non-hydrogen) atoms. The number of allylic oxidation sites excluding steroid dienone is 14. The standard InChI is InChI=1S/C62H106O6/c1-4-7-10-13-16-18-20-22-24-26-28-30-31-33-34-36-38-40-42-44-46-49-52-55-61(64)67-58-59(57-66-60(63)54-51-48-15-12-9-6-3)68-62(65)56-53-50-47-45-43-41-39-37-35-32-29-27-25-23-21-19-17-14-11-8-5-2/h7,10,16,18,21-24,27-30,33-34,59H,4-6,8-9,11-15,17,19-20,25-26,31-32,35-58H2,1-3H3/b10-7-,18-16-,23-21-,24-22-,29-27-,30-28-,34-33-. The minimum Gasteiger partial charge on any atom is -0.462 e. The van der Waals surface area contributed by atoms with Crippen molar-refractivity contribution in [2.75, 3.05) is 13.2 Å². The zero-order valence-corrected chi connectivity index (χ0v) is 44.6. The van der Waals surface area contributed by atoms with Gasteiger partial charge in [0.25, 0.3) is 0 Å². The zero-order chi connectivity index (χ0) is 49.3. The first-order chi connectivity index (χ1) is 33.5. The van der Waals surface area contributed by atoms with Gasteiger partial charge in [0, 0.05) is 19.3 Å². The summed E-state index contributed by atoms with van der Waals surface area (Å²) in [5.74, 6) is -0.903. The first-order valence-corrected chi connectivity index (χ1v) is 28.6. The van der Waals surface area contributed by atoms with Gasteiger partial charge in [0.1, 0.15) is 13.2 Å². The van der Waals surface area contributed by atoms with E-state index in [1.165, 1.54) is 128 Å². The van der Waals surface area contributed by atoms with Crippen LogP contribution < -0.4 is 0 Å². The second-order valence-electron chi connectivity index (χ2n) is 18.8. The molecule has 0 aliphatic rings. The summed E-state index contributed by atoms with van der Waals surface area (Å²) in [4.78, 5) is 37.9. The summed E-state index contributed by atoms with van der Waals surface area (Å²) in [6.45, 7) is 6.45. The van der Waals surface area contributed by atoms with E-state index in [1.807, 2.05) is 0 Å². The maximum Gasteiger partial charge on any atom is 0.306 e. The molecule has 0 heterocycles. The molecular weight excluding hydrogens is 841 g/mol. The lowest BCUT2D eigenvalue weighted by Gasteiger charge is -2.18. The average Bonchev–Trinajstić information content (AvgIpc) is 3.34. The second kappa shape index (κ2) is 56.2. The van der Waals surface area contributed by atoms with Gasteiger partial charge >= 0.3 is 17.9 Å². The van der Waals surface area contributed by atoms with E-state index in [1.54, 1.807) is 0 Å². The van der Waals surface area contributed by atoms with Crippen molar-refractivity contribution in [3.8, 4) is 0 Å². The zero-order valence-electron chi connectivity index (χ0n) is 44.6. The summed E-state index contributed by atoms with van der Waals surface area (Å²) in [5, 5.41) is 0. The number of esters is 3. The van der Waals surface area contributed by atoms with E-state index in [-0.39, 0.29) is 31.1 Å². The largest absolute Gasteiger partial charge is 0.462 e. The molecule has 390 valence electrons. The van der Waals surface area contributed by atoms with Crippen LogP contribution in [0, 0.1) is 0 Å². The number of rotatable bonds is 51. The van der Waals surface area contributed by atoms with E-state index in [2.05, 4.69) is 106 Å². The molecule has 0 fully saturated rings. The Morgan fingerprint density at radius 2 is 0.574 bits per heavy atom. The van der Waals surface area contributed by atoms with Crippen LogP contribution in [-0.2, 0) is 28.6 Å². The third-order valence-corrected chi connectivity index (χ3v) is 12.1. The monoisotopic (exact) mass is 947 g/mol. The summed E-state index contributed by atoms with van der Waals surface area (Å²) in [5.41, 5.74) is 0. The summed E-state index contributed by atoms with van der Waals surface area (Å²) in [6, 6.07) is 0. The third-order valence-electron chi connectivity index (χ3n) is 12.1. The minimum atomic E-state index is -0.781. The molecule has 0 amide bonds. The molecule has 0 aliphatic heterocycles. The highest BCUT2D eigenvalue weighted by Crippen LogP contribution is 2.15. The number of hydrogen-bond donors (Lipinski definition) is 0. The average molecular weight is 948 g/mol. The van der Waals surface area contributed by atoms with Crippen molar-refractivity contribution in [3.63, 3.8) is 0 Å². The van der Waals surface area contributed by atoms with Crippen LogP contribution in [0.25, 0.3) is 0 Å². The first-order valence-electron chi connectivity index (χ1n) is 28.6. The molecule has 0 bridgehead atoms. The molecule has 0 N–H and O–H groups in total. The predicted octanol–water partition coefficient (Wildman–Crippen LogP) is 19.2. The van der Waals surface area contributed by atoms with E-state index < -0.39 is 6.10 Å². The maximum absolute atomic E-state index is 12.8. The van der Waals surface area contributed by atoms with Gasteiger partial charge in [-0.05, 0) is 96.3 Å². The first kappa shape index (κ1) is 64.6. The second-order valence-corrected chi connectivity index (χ2v) is 18.8. The highest BCUT2D eigenvalue weighted by Gasteiger charge is 2.19. The molecule has 0 aromatic heterocycles. The van der Waals surface area contributed by atoms with Gasteiger partial charge in [-0.3, -0.25) is 14.4 Å². The molecule has 0 saturated carbocycles. The normalized spacial score (nSPS) is 12.7. The van der Waals surface area contributed by atoms with Crippen molar-refractivity contribution in [1.82, 2.24) is 0 Å². The van der Waals surface area contributed by atoms with Crippen LogP contribution in [0.5, 0.6) is 0 Å². The Bertz CT molecular complexity index is 1320. The molecule has 1 atom stereocenters. The van der Waals surface area contributed by atoms with Crippen LogP contribution in [-0.4, -0.2) is 37.2 Å². The van der Waals surface area contributed by atoms with E-state index in [4.69, 9.17) is 14.2 Å². The van der Waals surface area contributed by atoms with Crippen LogP contribution in [0.2, 0.25) is 0 Å². The quantitative estimate of drug-likeness (QED) is 0.0262. The van der Waals surface area contributed by atoms with Gasteiger partial charge in [0.05, 0.1) is 0 Å². The van der Waals surface area contributed by atoms with Gasteiger partial charge in [-0.15, -0.1) is 0 Å². The topological polar surface area (TPSA) is 78.9 Å². The summed E-state index contributed by atoms with van der Waals surface area (Å²) in [7, 11) is 0.